The first kappa shape index (κ1) is 5.32. The average Bonchev–Trinajstić information content (AvgIpc) is 1.35. The van der Waals surface area contributed by atoms with Crippen LogP contribution in [0.4, 0.5) is 0 Å². The van der Waals surface area contributed by atoms with E-state index in [0.29, 0.717) is 0 Å². The lowest BCUT2D eigenvalue weighted by atomic mass is 11.8. The van der Waals surface area contributed by atoms with Gasteiger partial charge in [0.1, 0.15) is 0 Å². The largest absolute Gasteiger partial charge is 0.341 e. The number of nitro groups is 1. The number of rotatable bonds is 1. The van der Waals surface area contributed by atoms with Crippen LogP contribution in [0.25, 0.3) is 0 Å². The maximum Gasteiger partial charge on any atom is 0.341 e. The van der Waals surface area contributed by atoms with E-state index in [1.807, 2.05) is 0 Å². The Hall–Kier alpha value is -0.680. The Morgan fingerprint density at radius 3 is 2.50 bits per heavy atom. The van der Waals surface area contributed by atoms with Crippen molar-refractivity contribution >= 4 is 8.73 Å². The van der Waals surface area contributed by atoms with E-state index in [0.717, 1.165) is 0 Å². The van der Waals surface area contributed by atoms with E-state index in [-0.39, 0.29) is 0 Å². The highest BCUT2D eigenvalue weighted by molar-refractivity contribution is 7.36. The molecule has 4 nitrogen and oxygen atoms in total. The lowest BCUT2D eigenvalue weighted by molar-refractivity contribution is -0.293. The Kier molecular flexibility index (Phi) is 2.26. The summed E-state index contributed by atoms with van der Waals surface area (Å²) >= 11 is 0. The molecule has 0 spiro atoms. The summed E-state index contributed by atoms with van der Waals surface area (Å²) in [6, 6.07) is 0. The van der Waals surface area contributed by atoms with E-state index in [9.17, 15) is 10.1 Å². The van der Waals surface area contributed by atoms with Crippen LogP contribution in [0.5, 0.6) is 0 Å². The Morgan fingerprint density at radius 2 is 2.50 bits per heavy atom. The summed E-state index contributed by atoms with van der Waals surface area (Å²) in [5.74, 6) is 1.40. The second-order valence-electron chi connectivity index (χ2n) is 0.481. The van der Waals surface area contributed by atoms with Gasteiger partial charge in [-0.15, -0.1) is 0 Å². The molecule has 1 unspecified atom stereocenters. The van der Waals surface area contributed by atoms with Crippen LogP contribution in [0.2, 0.25) is 0 Å². The summed E-state index contributed by atoms with van der Waals surface area (Å²) in [5.41, 5.74) is 0. The van der Waals surface area contributed by atoms with Gasteiger partial charge in [-0.25, -0.2) is 0 Å². The van der Waals surface area contributed by atoms with Crippen molar-refractivity contribution < 1.29 is 4.69 Å². The fraction of sp³-hybridized carbons (Fsp3) is 0. The standard InChI is InChI=1S/CHN2O2P/c2-1-6-3(4)5/h6H. The van der Waals surface area contributed by atoms with Crippen LogP contribution in [0.15, 0.2) is 0 Å². The zero-order chi connectivity index (χ0) is 4.99. The van der Waals surface area contributed by atoms with Gasteiger partial charge in [-0.3, -0.25) is 10.1 Å². The molecule has 0 aromatic rings. The molecule has 0 fully saturated rings. The highest BCUT2D eigenvalue weighted by Crippen LogP contribution is 2.02. The molecular formula is CHN2O2P. The van der Waals surface area contributed by atoms with Gasteiger partial charge in [-0.05, 0) is 0 Å². The van der Waals surface area contributed by atoms with Crippen LogP contribution in [-0.2, 0) is 0 Å². The minimum Gasteiger partial charge on any atom is -0.263 e. The van der Waals surface area contributed by atoms with E-state index in [4.69, 9.17) is 5.26 Å². The minimum atomic E-state index is -0.801. The molecule has 0 amide bonds. The van der Waals surface area contributed by atoms with Crippen LogP contribution in [0.1, 0.15) is 0 Å². The summed E-state index contributed by atoms with van der Waals surface area (Å²) in [4.78, 5) is 9.19. The number of hydrogen-bond acceptors (Lipinski definition) is 3. The third kappa shape index (κ3) is 3.32. The summed E-state index contributed by atoms with van der Waals surface area (Å²) in [6.45, 7) is 0. The van der Waals surface area contributed by atoms with E-state index in [2.05, 4.69) is 0 Å². The van der Waals surface area contributed by atoms with Gasteiger partial charge in [0, 0.05) is 4.69 Å². The molecule has 0 aliphatic rings. The molecule has 0 aromatic carbocycles. The Balaban J connectivity index is 3.13. The highest BCUT2D eigenvalue weighted by atomic mass is 31.1. The van der Waals surface area contributed by atoms with Gasteiger partial charge >= 0.3 is 8.73 Å². The van der Waals surface area contributed by atoms with Crippen molar-refractivity contribution in [3.8, 4) is 5.81 Å². The Labute approximate surface area is 35.8 Å². The van der Waals surface area contributed by atoms with E-state index in [1.165, 1.54) is 5.81 Å². The minimum absolute atomic E-state index is 0.653. The van der Waals surface area contributed by atoms with Crippen LogP contribution in [0.3, 0.4) is 0 Å². The van der Waals surface area contributed by atoms with Gasteiger partial charge < -0.3 is 0 Å². The molecule has 0 radical (unpaired) electrons. The molecule has 32 valence electrons. The van der Waals surface area contributed by atoms with Crippen LogP contribution in [0, 0.1) is 21.2 Å². The zero-order valence-electron chi connectivity index (χ0n) is 2.71. The maximum atomic E-state index is 9.19. The lowest BCUT2D eigenvalue weighted by Gasteiger charge is -1.70. The first-order valence-corrected chi connectivity index (χ1v) is 2.01. The molecular weight excluding hydrogens is 103 g/mol. The van der Waals surface area contributed by atoms with E-state index in [1.54, 1.807) is 0 Å². The maximum absolute atomic E-state index is 9.19. The van der Waals surface area contributed by atoms with Crippen LogP contribution < -0.4 is 0 Å². The predicted octanol–water partition coefficient (Wildman–Crippen LogP) is 0.338. The van der Waals surface area contributed by atoms with Crippen LogP contribution >= 0.6 is 8.73 Å². The molecule has 0 saturated heterocycles. The molecule has 0 heterocycles. The molecule has 6 heavy (non-hydrogen) atoms. The van der Waals surface area contributed by atoms with Crippen molar-refractivity contribution in [1.29, 1.82) is 5.26 Å². The van der Waals surface area contributed by atoms with Gasteiger partial charge in [0.15, 0.2) is 5.81 Å². The summed E-state index contributed by atoms with van der Waals surface area (Å²) < 4.78 is -0.653. The summed E-state index contributed by atoms with van der Waals surface area (Å²) in [6.07, 6.45) is 0. The Bertz CT molecular complexity index is 94.2. The van der Waals surface area contributed by atoms with Gasteiger partial charge in [0.25, 0.3) is 0 Å². The topological polar surface area (TPSA) is 66.9 Å². The number of nitrogens with zero attached hydrogens (tertiary/aromatic N) is 2. The van der Waals surface area contributed by atoms with Crippen molar-refractivity contribution in [2.45, 2.75) is 0 Å². The summed E-state index contributed by atoms with van der Waals surface area (Å²) in [5, 5.41) is 16.8. The fourth-order valence-corrected chi connectivity index (χ4v) is 0.122. The third-order valence-electron chi connectivity index (χ3n) is 0.141. The van der Waals surface area contributed by atoms with E-state index < -0.39 is 13.4 Å². The molecule has 0 aromatic heterocycles. The molecule has 0 rings (SSSR count). The smallest absolute Gasteiger partial charge is 0.263 e. The molecule has 0 saturated carbocycles. The zero-order valence-corrected chi connectivity index (χ0v) is 3.71. The highest BCUT2D eigenvalue weighted by Gasteiger charge is 1.88. The van der Waals surface area contributed by atoms with Gasteiger partial charge in [0.05, 0.1) is 0 Å². The quantitative estimate of drug-likeness (QED) is 0.273. The second-order valence-corrected chi connectivity index (χ2v) is 1.29. The molecule has 0 aliphatic carbocycles. The van der Waals surface area contributed by atoms with Gasteiger partial charge in [-0.1, -0.05) is 0 Å². The molecule has 1 atom stereocenters. The molecule has 0 aliphatic heterocycles. The number of nitriles is 1. The van der Waals surface area contributed by atoms with Crippen molar-refractivity contribution in [2.24, 2.45) is 0 Å². The number of hydrogen-bond donors (Lipinski definition) is 0. The summed E-state index contributed by atoms with van der Waals surface area (Å²) in [7, 11) is -0.801. The normalized spacial score (nSPS) is 8.50. The third-order valence-corrected chi connectivity index (χ3v) is 0.424. The van der Waals surface area contributed by atoms with Gasteiger partial charge in [-0.2, -0.15) is 5.26 Å². The van der Waals surface area contributed by atoms with Crippen molar-refractivity contribution in [1.82, 2.24) is 0 Å². The van der Waals surface area contributed by atoms with Crippen LogP contribution in [-0.4, -0.2) is 4.69 Å². The monoisotopic (exact) mass is 104 g/mol. The second kappa shape index (κ2) is 2.55. The first-order chi connectivity index (χ1) is 2.77. The molecule has 0 N–H and O–H groups in total. The fourth-order valence-electron chi connectivity index (χ4n) is 0.0408. The Morgan fingerprint density at radius 1 is 2.00 bits per heavy atom. The average molecular weight is 104 g/mol. The van der Waals surface area contributed by atoms with Crippen molar-refractivity contribution in [3.05, 3.63) is 10.1 Å². The van der Waals surface area contributed by atoms with Crippen molar-refractivity contribution in [2.75, 3.05) is 0 Å². The first-order valence-electron chi connectivity index (χ1n) is 1.06. The van der Waals surface area contributed by atoms with E-state index >= 15 is 0 Å². The molecule has 5 heteroatoms. The SMILES string of the molecule is N#CP[N+](=O)[O-]. The lowest BCUT2D eigenvalue weighted by Crippen LogP contribution is -1.72. The van der Waals surface area contributed by atoms with Crippen molar-refractivity contribution in [3.63, 3.8) is 0 Å². The molecule has 0 bridgehead atoms. The predicted molar refractivity (Wildman–Crippen MR) is 20.9 cm³/mol. The van der Waals surface area contributed by atoms with Gasteiger partial charge in [0.2, 0.25) is 0 Å².